The highest BCUT2D eigenvalue weighted by atomic mass is 16.5. The van der Waals surface area contributed by atoms with Crippen LogP contribution in [0.4, 0.5) is 0 Å². The first-order valence-corrected chi connectivity index (χ1v) is 17.0. The number of amides is 2. The third-order valence-electron chi connectivity index (χ3n) is 8.70. The van der Waals surface area contributed by atoms with Gasteiger partial charge in [0.15, 0.2) is 0 Å². The molecule has 1 unspecified atom stereocenters. The number of benzene rings is 3. The molecule has 1 aliphatic heterocycles. The zero-order valence-electron chi connectivity index (χ0n) is 28.5. The van der Waals surface area contributed by atoms with Crippen molar-refractivity contribution >= 4 is 11.8 Å². The largest absolute Gasteiger partial charge is 0.489 e. The van der Waals surface area contributed by atoms with E-state index in [-0.39, 0.29) is 23.9 Å². The number of carbonyl (C=O) groups excluding carboxylic acids is 2. The molecule has 0 bridgehead atoms. The van der Waals surface area contributed by atoms with Gasteiger partial charge in [-0.3, -0.25) is 19.4 Å². The minimum Gasteiger partial charge on any atom is -0.489 e. The molecule has 0 aromatic heterocycles. The Morgan fingerprint density at radius 1 is 0.848 bits per heavy atom. The van der Waals surface area contributed by atoms with E-state index in [1.807, 2.05) is 67.7 Å². The molecule has 1 saturated heterocycles. The minimum atomic E-state index is -0.681. The molecule has 3 aromatic rings. The second-order valence-electron chi connectivity index (χ2n) is 13.7. The SMILES string of the molecule is CC(C)CCN(C)[C@H](CC(C)C)C(=O)N[C@@H](Cc1ccc(OCc2ccccc2)cc1)C(=O)NC1CCN(Cc2ccccc2)C1. The van der Waals surface area contributed by atoms with Gasteiger partial charge >= 0.3 is 0 Å². The summed E-state index contributed by atoms with van der Waals surface area (Å²) in [6, 6.07) is 27.4. The number of likely N-dealkylation sites (N-methyl/N-ethyl adjacent to an activating group) is 1. The lowest BCUT2D eigenvalue weighted by atomic mass is 9.99. The summed E-state index contributed by atoms with van der Waals surface area (Å²) in [6.07, 6.45) is 3.04. The van der Waals surface area contributed by atoms with Crippen molar-refractivity contribution in [3.63, 3.8) is 0 Å². The van der Waals surface area contributed by atoms with Crippen molar-refractivity contribution in [3.05, 3.63) is 102 Å². The molecule has 7 heteroatoms. The molecule has 1 aliphatic rings. The fourth-order valence-corrected chi connectivity index (χ4v) is 5.96. The van der Waals surface area contributed by atoms with Crippen LogP contribution in [0.25, 0.3) is 0 Å². The van der Waals surface area contributed by atoms with Crippen molar-refractivity contribution in [1.82, 2.24) is 20.4 Å². The molecule has 3 aromatic carbocycles. The summed E-state index contributed by atoms with van der Waals surface area (Å²) in [7, 11) is 2.03. The molecule has 2 amide bonds. The predicted molar refractivity (Wildman–Crippen MR) is 186 cm³/mol. The average Bonchev–Trinajstić information content (AvgIpc) is 3.48. The Morgan fingerprint density at radius 3 is 2.13 bits per heavy atom. The van der Waals surface area contributed by atoms with Crippen LogP contribution in [0.2, 0.25) is 0 Å². The predicted octanol–water partition coefficient (Wildman–Crippen LogP) is 6.08. The molecule has 0 spiro atoms. The summed E-state index contributed by atoms with van der Waals surface area (Å²) in [4.78, 5) is 32.3. The van der Waals surface area contributed by atoms with Crippen molar-refractivity contribution in [2.24, 2.45) is 11.8 Å². The van der Waals surface area contributed by atoms with Crippen LogP contribution in [0, 0.1) is 11.8 Å². The van der Waals surface area contributed by atoms with Gasteiger partial charge in [0, 0.05) is 32.1 Å². The Kier molecular flexibility index (Phi) is 13.7. The van der Waals surface area contributed by atoms with Gasteiger partial charge in [-0.1, -0.05) is 100 Å². The quantitative estimate of drug-likeness (QED) is 0.190. The van der Waals surface area contributed by atoms with E-state index in [9.17, 15) is 9.59 Å². The number of rotatable bonds is 17. The summed E-state index contributed by atoms with van der Waals surface area (Å²) in [5, 5.41) is 6.47. The van der Waals surface area contributed by atoms with E-state index in [1.165, 1.54) is 5.56 Å². The summed E-state index contributed by atoms with van der Waals surface area (Å²) >= 11 is 0. The molecule has 7 nitrogen and oxygen atoms in total. The Morgan fingerprint density at radius 2 is 1.50 bits per heavy atom. The topological polar surface area (TPSA) is 73.9 Å². The number of carbonyl (C=O) groups is 2. The lowest BCUT2D eigenvalue weighted by molar-refractivity contribution is -0.132. The van der Waals surface area contributed by atoms with E-state index in [4.69, 9.17) is 4.74 Å². The van der Waals surface area contributed by atoms with Crippen LogP contribution in [0.3, 0.4) is 0 Å². The molecule has 248 valence electrons. The van der Waals surface area contributed by atoms with Gasteiger partial charge in [-0.25, -0.2) is 0 Å². The lowest BCUT2D eigenvalue weighted by Crippen LogP contribution is -2.55. The monoisotopic (exact) mass is 626 g/mol. The highest BCUT2D eigenvalue weighted by molar-refractivity contribution is 5.90. The third kappa shape index (κ3) is 11.6. The standard InChI is InChI=1S/C39H54N4O3/c1-29(2)20-22-42(5)37(24-30(3)4)39(45)41-36(25-31-16-18-35(19-17-31)46-28-33-14-10-7-11-15-33)38(44)40-34-21-23-43(27-34)26-32-12-8-6-9-13-32/h6-19,29-30,34,36-37H,20-28H2,1-5H3,(H,40,44)(H,41,45)/t34?,36-,37+/m0/s1. The van der Waals surface area contributed by atoms with Gasteiger partial charge in [0.05, 0.1) is 6.04 Å². The van der Waals surface area contributed by atoms with E-state index >= 15 is 0 Å². The van der Waals surface area contributed by atoms with Gasteiger partial charge in [-0.15, -0.1) is 0 Å². The fourth-order valence-electron chi connectivity index (χ4n) is 5.96. The third-order valence-corrected chi connectivity index (χ3v) is 8.70. The first-order chi connectivity index (χ1) is 22.2. The Labute approximate surface area is 276 Å². The molecule has 4 rings (SSSR count). The zero-order chi connectivity index (χ0) is 32.9. The number of nitrogens with one attached hydrogen (secondary N) is 2. The number of hydrogen-bond donors (Lipinski definition) is 2. The van der Waals surface area contributed by atoms with Crippen LogP contribution in [-0.4, -0.2) is 66.4 Å². The fraction of sp³-hybridized carbons (Fsp3) is 0.487. The molecule has 1 heterocycles. The van der Waals surface area contributed by atoms with Crippen LogP contribution >= 0.6 is 0 Å². The Bertz CT molecular complexity index is 1330. The van der Waals surface area contributed by atoms with Crippen molar-refractivity contribution in [2.75, 3.05) is 26.7 Å². The zero-order valence-corrected chi connectivity index (χ0v) is 28.5. The van der Waals surface area contributed by atoms with Gasteiger partial charge < -0.3 is 15.4 Å². The molecule has 0 saturated carbocycles. The highest BCUT2D eigenvalue weighted by Crippen LogP contribution is 2.18. The van der Waals surface area contributed by atoms with Crippen molar-refractivity contribution < 1.29 is 14.3 Å². The number of likely N-dealkylation sites (tertiary alicyclic amines) is 1. The van der Waals surface area contributed by atoms with E-state index in [0.29, 0.717) is 24.9 Å². The lowest BCUT2D eigenvalue weighted by Gasteiger charge is -2.31. The second kappa shape index (κ2) is 17.9. The van der Waals surface area contributed by atoms with Crippen LogP contribution < -0.4 is 15.4 Å². The van der Waals surface area contributed by atoms with Crippen molar-refractivity contribution in [2.45, 2.75) is 84.7 Å². The van der Waals surface area contributed by atoms with Crippen LogP contribution in [-0.2, 0) is 29.2 Å². The Balaban J connectivity index is 1.43. The van der Waals surface area contributed by atoms with Gasteiger partial charge in [-0.2, -0.15) is 0 Å². The van der Waals surface area contributed by atoms with Gasteiger partial charge in [0.2, 0.25) is 11.8 Å². The molecule has 3 atom stereocenters. The molecule has 0 aliphatic carbocycles. The van der Waals surface area contributed by atoms with Crippen molar-refractivity contribution in [3.8, 4) is 5.75 Å². The molecular formula is C39H54N4O3. The molecule has 0 radical (unpaired) electrons. The van der Waals surface area contributed by atoms with Crippen molar-refractivity contribution in [1.29, 1.82) is 0 Å². The van der Waals surface area contributed by atoms with Crippen LogP contribution in [0.1, 0.15) is 63.6 Å². The molecule has 2 N–H and O–H groups in total. The maximum Gasteiger partial charge on any atom is 0.243 e. The maximum absolute atomic E-state index is 13.9. The second-order valence-corrected chi connectivity index (χ2v) is 13.7. The van der Waals surface area contributed by atoms with E-state index < -0.39 is 6.04 Å². The maximum atomic E-state index is 13.9. The minimum absolute atomic E-state index is 0.0459. The number of ether oxygens (including phenoxy) is 1. The Hall–Kier alpha value is -3.68. The van der Waals surface area contributed by atoms with E-state index in [1.54, 1.807) is 0 Å². The first-order valence-electron chi connectivity index (χ1n) is 17.0. The summed E-state index contributed by atoms with van der Waals surface area (Å²) in [5.41, 5.74) is 3.35. The summed E-state index contributed by atoms with van der Waals surface area (Å²) in [5.74, 6) is 1.46. The molecular weight excluding hydrogens is 572 g/mol. The van der Waals surface area contributed by atoms with Crippen LogP contribution in [0.15, 0.2) is 84.9 Å². The van der Waals surface area contributed by atoms with Gasteiger partial charge in [-0.05, 0) is 73.5 Å². The van der Waals surface area contributed by atoms with E-state index in [2.05, 4.69) is 72.4 Å². The van der Waals surface area contributed by atoms with Crippen LogP contribution in [0.5, 0.6) is 5.75 Å². The van der Waals surface area contributed by atoms with Gasteiger partial charge in [0.25, 0.3) is 0 Å². The smallest absolute Gasteiger partial charge is 0.243 e. The van der Waals surface area contributed by atoms with Gasteiger partial charge in [0.1, 0.15) is 18.4 Å². The molecule has 1 fully saturated rings. The summed E-state index contributed by atoms with van der Waals surface area (Å²) in [6.45, 7) is 12.6. The number of hydrogen-bond acceptors (Lipinski definition) is 5. The summed E-state index contributed by atoms with van der Waals surface area (Å²) < 4.78 is 5.98. The molecule has 46 heavy (non-hydrogen) atoms. The average molecular weight is 627 g/mol. The van der Waals surface area contributed by atoms with E-state index in [0.717, 1.165) is 62.3 Å². The highest BCUT2D eigenvalue weighted by Gasteiger charge is 2.31. The normalized spacial score (nSPS) is 16.5. The first kappa shape index (κ1) is 35.2. The number of nitrogens with zero attached hydrogens (tertiary/aromatic N) is 2.